The van der Waals surface area contributed by atoms with Gasteiger partial charge in [0.05, 0.1) is 12.0 Å². The predicted octanol–water partition coefficient (Wildman–Crippen LogP) is 2.62. The SMILES string of the molecule is CNc1ccoc1C(C)(C)C. The summed E-state index contributed by atoms with van der Waals surface area (Å²) in [5, 5.41) is 3.09. The highest BCUT2D eigenvalue weighted by molar-refractivity contribution is 5.48. The predicted molar refractivity (Wildman–Crippen MR) is 47.0 cm³/mol. The van der Waals surface area contributed by atoms with Crippen LogP contribution in [0, 0.1) is 0 Å². The molecule has 11 heavy (non-hydrogen) atoms. The maximum atomic E-state index is 5.36. The summed E-state index contributed by atoms with van der Waals surface area (Å²) in [6.07, 6.45) is 1.71. The molecule has 0 bridgehead atoms. The quantitative estimate of drug-likeness (QED) is 0.671. The first-order valence-electron chi connectivity index (χ1n) is 3.81. The Bertz CT molecular complexity index is 232. The average molecular weight is 153 g/mol. The first-order valence-corrected chi connectivity index (χ1v) is 3.81. The molecule has 0 aliphatic carbocycles. The molecule has 1 aromatic heterocycles. The molecular weight excluding hydrogens is 138 g/mol. The van der Waals surface area contributed by atoms with Gasteiger partial charge in [-0.05, 0) is 6.07 Å². The third-order valence-electron chi connectivity index (χ3n) is 1.62. The molecule has 1 N–H and O–H groups in total. The third-order valence-corrected chi connectivity index (χ3v) is 1.62. The summed E-state index contributed by atoms with van der Waals surface area (Å²) < 4.78 is 5.36. The van der Waals surface area contributed by atoms with Crippen molar-refractivity contribution in [3.63, 3.8) is 0 Å². The average Bonchev–Trinajstić information content (AvgIpc) is 2.31. The van der Waals surface area contributed by atoms with Crippen LogP contribution in [0.5, 0.6) is 0 Å². The zero-order valence-electron chi connectivity index (χ0n) is 7.56. The van der Waals surface area contributed by atoms with Crippen LogP contribution in [0.1, 0.15) is 26.5 Å². The fraction of sp³-hybridized carbons (Fsp3) is 0.556. The molecule has 2 nitrogen and oxygen atoms in total. The summed E-state index contributed by atoms with van der Waals surface area (Å²) in [4.78, 5) is 0. The van der Waals surface area contributed by atoms with E-state index in [1.54, 1.807) is 6.26 Å². The standard InChI is InChI=1S/C9H15NO/c1-9(2,3)8-7(10-4)5-6-11-8/h5-6,10H,1-4H3. The van der Waals surface area contributed by atoms with E-state index in [1.165, 1.54) is 0 Å². The molecule has 0 spiro atoms. The van der Waals surface area contributed by atoms with Gasteiger partial charge in [-0.25, -0.2) is 0 Å². The molecule has 1 aromatic rings. The Labute approximate surface area is 67.6 Å². The lowest BCUT2D eigenvalue weighted by atomic mass is 9.92. The highest BCUT2D eigenvalue weighted by Gasteiger charge is 2.20. The van der Waals surface area contributed by atoms with Crippen LogP contribution in [0.15, 0.2) is 16.7 Å². The fourth-order valence-corrected chi connectivity index (χ4v) is 1.09. The summed E-state index contributed by atoms with van der Waals surface area (Å²) in [6.45, 7) is 6.39. The molecule has 62 valence electrons. The molecule has 1 rings (SSSR count). The Kier molecular flexibility index (Phi) is 1.94. The number of rotatable bonds is 1. The van der Waals surface area contributed by atoms with E-state index in [4.69, 9.17) is 4.42 Å². The zero-order valence-corrected chi connectivity index (χ0v) is 7.56. The van der Waals surface area contributed by atoms with Crippen LogP contribution >= 0.6 is 0 Å². The molecule has 0 radical (unpaired) electrons. The first kappa shape index (κ1) is 8.18. The van der Waals surface area contributed by atoms with Gasteiger partial charge in [-0.1, -0.05) is 20.8 Å². The molecule has 0 aromatic carbocycles. The van der Waals surface area contributed by atoms with Gasteiger partial charge in [-0.2, -0.15) is 0 Å². The van der Waals surface area contributed by atoms with Crippen molar-refractivity contribution >= 4 is 5.69 Å². The van der Waals surface area contributed by atoms with Crippen molar-refractivity contribution in [3.8, 4) is 0 Å². The van der Waals surface area contributed by atoms with Crippen LogP contribution in [-0.2, 0) is 5.41 Å². The zero-order chi connectivity index (χ0) is 8.48. The maximum absolute atomic E-state index is 5.36. The molecular formula is C9H15NO. The normalized spacial score (nSPS) is 11.6. The number of furan rings is 1. The number of anilines is 1. The topological polar surface area (TPSA) is 25.2 Å². The number of nitrogens with one attached hydrogen (secondary N) is 1. The molecule has 0 aliphatic rings. The van der Waals surface area contributed by atoms with Gasteiger partial charge in [-0.3, -0.25) is 0 Å². The van der Waals surface area contributed by atoms with Gasteiger partial charge in [0.2, 0.25) is 0 Å². The first-order chi connectivity index (χ1) is 5.05. The van der Waals surface area contributed by atoms with Crippen molar-refractivity contribution < 1.29 is 4.42 Å². The second-order valence-electron chi connectivity index (χ2n) is 3.66. The largest absolute Gasteiger partial charge is 0.467 e. The minimum atomic E-state index is 0.0852. The van der Waals surface area contributed by atoms with Crippen LogP contribution in [-0.4, -0.2) is 7.05 Å². The molecule has 0 atom stereocenters. The molecule has 0 saturated carbocycles. The van der Waals surface area contributed by atoms with Crippen molar-refractivity contribution in [2.45, 2.75) is 26.2 Å². The Balaban J connectivity index is 3.02. The molecule has 1 heterocycles. The Hall–Kier alpha value is -0.920. The lowest BCUT2D eigenvalue weighted by Gasteiger charge is -2.16. The number of hydrogen-bond acceptors (Lipinski definition) is 2. The second-order valence-corrected chi connectivity index (χ2v) is 3.66. The van der Waals surface area contributed by atoms with Crippen molar-refractivity contribution in [1.82, 2.24) is 0 Å². The number of hydrogen-bond donors (Lipinski definition) is 1. The van der Waals surface area contributed by atoms with Gasteiger partial charge < -0.3 is 9.73 Å². The van der Waals surface area contributed by atoms with Crippen molar-refractivity contribution in [3.05, 3.63) is 18.1 Å². The van der Waals surface area contributed by atoms with Crippen LogP contribution in [0.2, 0.25) is 0 Å². The van der Waals surface area contributed by atoms with Crippen LogP contribution in [0.25, 0.3) is 0 Å². The van der Waals surface area contributed by atoms with Crippen LogP contribution in [0.3, 0.4) is 0 Å². The van der Waals surface area contributed by atoms with E-state index in [9.17, 15) is 0 Å². The van der Waals surface area contributed by atoms with E-state index in [0.29, 0.717) is 0 Å². The van der Waals surface area contributed by atoms with E-state index >= 15 is 0 Å². The minimum Gasteiger partial charge on any atom is -0.467 e. The lowest BCUT2D eigenvalue weighted by Crippen LogP contribution is -2.11. The Morgan fingerprint density at radius 2 is 2.00 bits per heavy atom. The van der Waals surface area contributed by atoms with E-state index in [1.807, 2.05) is 13.1 Å². The summed E-state index contributed by atoms with van der Waals surface area (Å²) in [5.41, 5.74) is 1.17. The van der Waals surface area contributed by atoms with Gasteiger partial charge >= 0.3 is 0 Å². The monoisotopic (exact) mass is 153 g/mol. The van der Waals surface area contributed by atoms with E-state index in [2.05, 4.69) is 26.1 Å². The van der Waals surface area contributed by atoms with Gasteiger partial charge in [0, 0.05) is 12.5 Å². The summed E-state index contributed by atoms with van der Waals surface area (Å²) in [7, 11) is 1.90. The summed E-state index contributed by atoms with van der Waals surface area (Å²) >= 11 is 0. The van der Waals surface area contributed by atoms with E-state index < -0.39 is 0 Å². The van der Waals surface area contributed by atoms with Gasteiger partial charge in [0.25, 0.3) is 0 Å². The smallest absolute Gasteiger partial charge is 0.132 e. The molecule has 0 fully saturated rings. The molecule has 0 amide bonds. The molecule has 0 unspecified atom stereocenters. The Morgan fingerprint density at radius 1 is 1.36 bits per heavy atom. The maximum Gasteiger partial charge on any atom is 0.132 e. The minimum absolute atomic E-state index is 0.0852. The van der Waals surface area contributed by atoms with Crippen molar-refractivity contribution in [2.24, 2.45) is 0 Å². The molecule has 2 heteroatoms. The van der Waals surface area contributed by atoms with Gasteiger partial charge in [0.15, 0.2) is 0 Å². The second kappa shape index (κ2) is 2.61. The highest BCUT2D eigenvalue weighted by Crippen LogP contribution is 2.29. The molecule has 0 aliphatic heterocycles. The van der Waals surface area contributed by atoms with E-state index in [-0.39, 0.29) is 5.41 Å². The highest BCUT2D eigenvalue weighted by atomic mass is 16.3. The van der Waals surface area contributed by atoms with Gasteiger partial charge in [0.1, 0.15) is 5.76 Å². The summed E-state index contributed by atoms with van der Waals surface area (Å²) in [5.74, 6) is 1.01. The molecule has 0 saturated heterocycles. The van der Waals surface area contributed by atoms with E-state index in [0.717, 1.165) is 11.4 Å². The van der Waals surface area contributed by atoms with Crippen LogP contribution < -0.4 is 5.32 Å². The van der Waals surface area contributed by atoms with Gasteiger partial charge in [-0.15, -0.1) is 0 Å². The van der Waals surface area contributed by atoms with Crippen molar-refractivity contribution in [2.75, 3.05) is 12.4 Å². The lowest BCUT2D eigenvalue weighted by molar-refractivity contribution is 0.411. The summed E-state index contributed by atoms with van der Waals surface area (Å²) in [6, 6.07) is 1.95. The van der Waals surface area contributed by atoms with Crippen LogP contribution in [0.4, 0.5) is 5.69 Å². The fourth-order valence-electron chi connectivity index (χ4n) is 1.09. The Morgan fingerprint density at radius 3 is 2.36 bits per heavy atom. The van der Waals surface area contributed by atoms with Crippen molar-refractivity contribution in [1.29, 1.82) is 0 Å². The third kappa shape index (κ3) is 1.56.